The summed E-state index contributed by atoms with van der Waals surface area (Å²) in [5.41, 5.74) is 2.04. The molecule has 0 radical (unpaired) electrons. The van der Waals surface area contributed by atoms with Crippen molar-refractivity contribution in [1.29, 1.82) is 0 Å². The van der Waals surface area contributed by atoms with E-state index in [2.05, 4.69) is 4.98 Å². The van der Waals surface area contributed by atoms with Crippen LogP contribution in [-0.4, -0.2) is 27.3 Å². The van der Waals surface area contributed by atoms with E-state index in [-0.39, 0.29) is 6.42 Å². The number of carbonyl (C=O) groups excluding carboxylic acids is 1. The van der Waals surface area contributed by atoms with Gasteiger partial charge in [-0.25, -0.2) is 10.5 Å². The van der Waals surface area contributed by atoms with Crippen LogP contribution in [-0.2, 0) is 11.2 Å². The summed E-state index contributed by atoms with van der Waals surface area (Å²) in [5.74, 6) is -0.823. The van der Waals surface area contributed by atoms with Crippen LogP contribution in [0.2, 0.25) is 0 Å². The maximum atomic E-state index is 10.9. The zero-order valence-electron chi connectivity index (χ0n) is 8.66. The van der Waals surface area contributed by atoms with Crippen LogP contribution < -0.4 is 5.48 Å². The molecule has 3 N–H and O–H groups in total. The van der Waals surface area contributed by atoms with Gasteiger partial charge in [-0.15, -0.1) is 22.7 Å². The van der Waals surface area contributed by atoms with E-state index in [1.165, 1.54) is 16.8 Å². The molecule has 0 aliphatic heterocycles. The fourth-order valence-corrected chi connectivity index (χ4v) is 2.93. The molecule has 1 atom stereocenters. The van der Waals surface area contributed by atoms with Crippen molar-refractivity contribution >= 4 is 28.6 Å². The van der Waals surface area contributed by atoms with Crippen LogP contribution in [0.15, 0.2) is 22.9 Å². The Morgan fingerprint density at radius 3 is 3.00 bits per heavy atom. The van der Waals surface area contributed by atoms with E-state index < -0.39 is 12.0 Å². The minimum Gasteiger partial charge on any atom is -0.383 e. The molecule has 0 aliphatic rings. The average molecular weight is 270 g/mol. The quantitative estimate of drug-likeness (QED) is 0.577. The van der Waals surface area contributed by atoms with Crippen LogP contribution in [0.4, 0.5) is 0 Å². The Balaban J connectivity index is 2.06. The second-order valence-corrected chi connectivity index (χ2v) is 5.12. The molecule has 0 saturated carbocycles. The van der Waals surface area contributed by atoms with Crippen molar-refractivity contribution in [1.82, 2.24) is 10.5 Å². The number of nitrogens with zero attached hydrogens (tertiary/aromatic N) is 1. The van der Waals surface area contributed by atoms with Crippen molar-refractivity contribution in [3.8, 4) is 9.88 Å². The lowest BCUT2D eigenvalue weighted by atomic mass is 10.2. The number of thiazole rings is 1. The molecule has 1 amide bonds. The van der Waals surface area contributed by atoms with Crippen molar-refractivity contribution in [2.45, 2.75) is 12.5 Å². The van der Waals surface area contributed by atoms with Gasteiger partial charge < -0.3 is 5.11 Å². The third-order valence-corrected chi connectivity index (χ3v) is 4.03. The zero-order chi connectivity index (χ0) is 12.3. The highest BCUT2D eigenvalue weighted by atomic mass is 32.1. The minimum atomic E-state index is -1.28. The summed E-state index contributed by atoms with van der Waals surface area (Å²) in [6, 6.07) is 3.90. The molecule has 2 heterocycles. The number of aliphatic hydroxyl groups is 1. The minimum absolute atomic E-state index is 0.0915. The summed E-state index contributed by atoms with van der Waals surface area (Å²) >= 11 is 3.05. The number of aromatic nitrogens is 1. The summed E-state index contributed by atoms with van der Waals surface area (Å²) < 4.78 is 0. The molecule has 2 aromatic heterocycles. The second kappa shape index (κ2) is 5.37. The van der Waals surface area contributed by atoms with Crippen molar-refractivity contribution in [2.24, 2.45) is 0 Å². The van der Waals surface area contributed by atoms with E-state index in [9.17, 15) is 9.90 Å². The maximum absolute atomic E-state index is 10.9. The van der Waals surface area contributed by atoms with Crippen molar-refractivity contribution in [2.75, 3.05) is 0 Å². The van der Waals surface area contributed by atoms with E-state index >= 15 is 0 Å². The number of amides is 1. The molecule has 2 rings (SSSR count). The van der Waals surface area contributed by atoms with Gasteiger partial charge in [0.25, 0.3) is 5.91 Å². The van der Waals surface area contributed by atoms with Crippen LogP contribution in [0.3, 0.4) is 0 Å². The van der Waals surface area contributed by atoms with Gasteiger partial charge in [-0.05, 0) is 11.4 Å². The molecule has 0 aromatic carbocycles. The smallest absolute Gasteiger partial charge is 0.272 e. The van der Waals surface area contributed by atoms with Crippen LogP contribution >= 0.6 is 22.7 Å². The van der Waals surface area contributed by atoms with Crippen molar-refractivity contribution in [3.63, 3.8) is 0 Å². The topological polar surface area (TPSA) is 82.5 Å². The summed E-state index contributed by atoms with van der Waals surface area (Å²) in [6.45, 7) is 0. The van der Waals surface area contributed by atoms with E-state index in [1.54, 1.807) is 16.7 Å². The lowest BCUT2D eigenvalue weighted by Gasteiger charge is -2.05. The first-order valence-corrected chi connectivity index (χ1v) is 6.57. The van der Waals surface area contributed by atoms with Crippen LogP contribution in [0.1, 0.15) is 5.69 Å². The maximum Gasteiger partial charge on any atom is 0.272 e. The molecule has 90 valence electrons. The number of hydrogen-bond acceptors (Lipinski definition) is 6. The van der Waals surface area contributed by atoms with Gasteiger partial charge in [0, 0.05) is 11.8 Å². The van der Waals surface area contributed by atoms with Crippen LogP contribution in [0.5, 0.6) is 0 Å². The number of thiophene rings is 1. The first-order valence-electron chi connectivity index (χ1n) is 4.81. The number of aliphatic hydroxyl groups excluding tert-OH is 1. The Bertz CT molecular complexity index is 495. The lowest BCUT2D eigenvalue weighted by molar-refractivity contribution is -0.137. The van der Waals surface area contributed by atoms with E-state index in [4.69, 9.17) is 5.21 Å². The largest absolute Gasteiger partial charge is 0.383 e. The first-order chi connectivity index (χ1) is 8.20. The molecule has 0 aliphatic carbocycles. The molecule has 17 heavy (non-hydrogen) atoms. The van der Waals surface area contributed by atoms with E-state index in [1.807, 2.05) is 17.5 Å². The molecule has 0 fully saturated rings. The van der Waals surface area contributed by atoms with Gasteiger partial charge in [0.1, 0.15) is 11.1 Å². The van der Waals surface area contributed by atoms with Crippen LogP contribution in [0, 0.1) is 0 Å². The first kappa shape index (κ1) is 12.2. The third kappa shape index (κ3) is 2.89. The number of carbonyl (C=O) groups is 1. The molecule has 1 unspecified atom stereocenters. The molecule has 2 aromatic rings. The average Bonchev–Trinajstić information content (AvgIpc) is 2.97. The Morgan fingerprint density at radius 1 is 1.53 bits per heavy atom. The monoisotopic (exact) mass is 270 g/mol. The van der Waals surface area contributed by atoms with Crippen molar-refractivity contribution < 1.29 is 15.1 Å². The SMILES string of the molecule is O=C(NO)C(O)Cc1csc(-c2cccs2)n1. The summed E-state index contributed by atoms with van der Waals surface area (Å²) in [6.07, 6.45) is -1.19. The highest BCUT2D eigenvalue weighted by Gasteiger charge is 2.16. The van der Waals surface area contributed by atoms with Gasteiger partial charge in [-0.2, -0.15) is 0 Å². The van der Waals surface area contributed by atoms with Crippen molar-refractivity contribution in [3.05, 3.63) is 28.6 Å². The second-order valence-electron chi connectivity index (χ2n) is 3.32. The predicted molar refractivity (Wildman–Crippen MR) is 65.1 cm³/mol. The fraction of sp³-hybridized carbons (Fsp3) is 0.200. The summed E-state index contributed by atoms with van der Waals surface area (Å²) in [5, 5.41) is 22.4. The zero-order valence-corrected chi connectivity index (χ0v) is 10.3. The van der Waals surface area contributed by atoms with Gasteiger partial charge in [-0.1, -0.05) is 6.07 Å². The van der Waals surface area contributed by atoms with Crippen LogP contribution in [0.25, 0.3) is 9.88 Å². The summed E-state index contributed by atoms with van der Waals surface area (Å²) in [4.78, 5) is 16.3. The number of hydroxylamine groups is 1. The fourth-order valence-electron chi connectivity index (χ4n) is 1.28. The third-order valence-electron chi connectivity index (χ3n) is 2.10. The number of rotatable bonds is 4. The van der Waals surface area contributed by atoms with Gasteiger partial charge in [0.15, 0.2) is 0 Å². The molecule has 0 spiro atoms. The van der Waals surface area contributed by atoms with E-state index in [0.29, 0.717) is 5.69 Å². The predicted octanol–water partition coefficient (Wildman–Crippen LogP) is 1.28. The normalized spacial score (nSPS) is 12.4. The highest BCUT2D eigenvalue weighted by molar-refractivity contribution is 7.20. The summed E-state index contributed by atoms with van der Waals surface area (Å²) in [7, 11) is 0. The Hall–Kier alpha value is -1.28. The number of nitrogens with one attached hydrogen (secondary N) is 1. The van der Waals surface area contributed by atoms with Gasteiger partial charge in [0.2, 0.25) is 0 Å². The Kier molecular flexibility index (Phi) is 3.85. The molecule has 0 bridgehead atoms. The molecular weight excluding hydrogens is 260 g/mol. The molecule has 0 saturated heterocycles. The standard InChI is InChI=1S/C10H10N2O3S2/c13-7(9(14)12-15)4-6-5-17-10(11-6)8-2-1-3-16-8/h1-3,5,7,13,15H,4H2,(H,12,14). The van der Waals surface area contributed by atoms with Gasteiger partial charge >= 0.3 is 0 Å². The van der Waals surface area contributed by atoms with E-state index in [0.717, 1.165) is 9.88 Å². The molecule has 7 heteroatoms. The Labute approximate surface area is 105 Å². The van der Waals surface area contributed by atoms with Gasteiger partial charge in [0.05, 0.1) is 10.6 Å². The highest BCUT2D eigenvalue weighted by Crippen LogP contribution is 2.28. The van der Waals surface area contributed by atoms with Gasteiger partial charge in [-0.3, -0.25) is 10.0 Å². The molecular formula is C10H10N2O3S2. The lowest BCUT2D eigenvalue weighted by Crippen LogP contribution is -2.33. The molecule has 5 nitrogen and oxygen atoms in total. The number of hydrogen-bond donors (Lipinski definition) is 3. The Morgan fingerprint density at radius 2 is 2.35 bits per heavy atom.